The van der Waals surface area contributed by atoms with E-state index in [9.17, 15) is 13.2 Å². The van der Waals surface area contributed by atoms with Gasteiger partial charge in [-0.05, 0) is 12.3 Å². The van der Waals surface area contributed by atoms with Crippen LogP contribution in [0.25, 0.3) is 0 Å². The maximum absolute atomic E-state index is 12.3. The summed E-state index contributed by atoms with van der Waals surface area (Å²) in [5.74, 6) is 0.295. The Morgan fingerprint density at radius 1 is 1.21 bits per heavy atom. The average molecular weight is 202 g/mol. The van der Waals surface area contributed by atoms with Gasteiger partial charge in [0.15, 0.2) is 0 Å². The number of halogens is 3. The summed E-state index contributed by atoms with van der Waals surface area (Å²) in [5, 5.41) is 0. The van der Waals surface area contributed by atoms with Gasteiger partial charge in [-0.2, -0.15) is 13.2 Å². The van der Waals surface area contributed by atoms with Crippen molar-refractivity contribution in [1.82, 2.24) is 0 Å². The van der Waals surface area contributed by atoms with Gasteiger partial charge in [0.1, 0.15) is 0 Å². The van der Waals surface area contributed by atoms with Crippen molar-refractivity contribution in [2.24, 2.45) is 5.92 Å². The molecule has 0 atom stereocenters. The summed E-state index contributed by atoms with van der Waals surface area (Å²) in [6.07, 6.45) is 1.81. The van der Waals surface area contributed by atoms with Gasteiger partial charge in [-0.1, -0.05) is 43.7 Å². The second-order valence-electron chi connectivity index (χ2n) is 3.62. The van der Waals surface area contributed by atoms with Gasteiger partial charge in [0.05, 0.1) is 5.57 Å². The molecule has 0 aromatic heterocycles. The van der Waals surface area contributed by atoms with Crippen LogP contribution >= 0.6 is 0 Å². The number of hydrogen-bond acceptors (Lipinski definition) is 0. The molecule has 0 saturated heterocycles. The Labute approximate surface area is 81.8 Å². The normalized spacial score (nSPS) is 17.9. The van der Waals surface area contributed by atoms with Crippen LogP contribution in [0.3, 0.4) is 0 Å². The number of allylic oxidation sites excluding steroid dienone is 6. The zero-order chi connectivity index (χ0) is 10.8. The van der Waals surface area contributed by atoms with Crippen LogP contribution in [-0.4, -0.2) is 6.18 Å². The quantitative estimate of drug-likeness (QED) is 0.602. The van der Waals surface area contributed by atoms with E-state index in [1.807, 2.05) is 13.8 Å². The molecule has 0 heterocycles. The zero-order valence-corrected chi connectivity index (χ0v) is 8.23. The topological polar surface area (TPSA) is 0 Å². The summed E-state index contributed by atoms with van der Waals surface area (Å²) in [6.45, 7) is 3.96. The Kier molecular flexibility index (Phi) is 3.19. The molecule has 0 fully saturated rings. The highest BCUT2D eigenvalue weighted by Gasteiger charge is 2.31. The Bertz CT molecular complexity index is 290. The number of hydrogen-bond donors (Lipinski definition) is 0. The van der Waals surface area contributed by atoms with Crippen LogP contribution in [0, 0.1) is 5.92 Å². The van der Waals surface area contributed by atoms with Gasteiger partial charge in [-0.15, -0.1) is 0 Å². The molecule has 0 spiro atoms. The maximum Gasteiger partial charge on any atom is 0.416 e. The standard InChI is InChI=1S/C11H13F3/c1-8(2)9-4-3-5-10(7-6-9)11(12,13)14/h3,5-8H,4H2,1-2H3. The molecular weight excluding hydrogens is 189 g/mol. The minimum atomic E-state index is -4.24. The second kappa shape index (κ2) is 4.03. The van der Waals surface area contributed by atoms with Crippen LogP contribution in [0.1, 0.15) is 20.3 Å². The van der Waals surface area contributed by atoms with Crippen molar-refractivity contribution >= 4 is 0 Å². The molecule has 0 unspecified atom stereocenters. The Hall–Kier alpha value is -0.990. The third-order valence-electron chi connectivity index (χ3n) is 2.20. The lowest BCUT2D eigenvalue weighted by atomic mass is 10.0. The lowest BCUT2D eigenvalue weighted by molar-refractivity contribution is -0.0881. The Balaban J connectivity index is 2.93. The third-order valence-corrected chi connectivity index (χ3v) is 2.20. The average Bonchev–Trinajstić information content (AvgIpc) is 2.26. The second-order valence-corrected chi connectivity index (χ2v) is 3.62. The lowest BCUT2D eigenvalue weighted by Gasteiger charge is -2.06. The highest BCUT2D eigenvalue weighted by molar-refractivity contribution is 5.34. The predicted molar refractivity (Wildman–Crippen MR) is 50.8 cm³/mol. The van der Waals surface area contributed by atoms with Crippen molar-refractivity contribution in [3.8, 4) is 0 Å². The molecule has 0 radical (unpaired) electrons. The molecule has 78 valence electrons. The van der Waals surface area contributed by atoms with Crippen LogP contribution in [0.2, 0.25) is 0 Å². The first-order chi connectivity index (χ1) is 6.41. The first kappa shape index (κ1) is 11.1. The molecule has 0 aliphatic heterocycles. The summed E-state index contributed by atoms with van der Waals surface area (Å²) in [7, 11) is 0. The fourth-order valence-corrected chi connectivity index (χ4v) is 1.26. The van der Waals surface area contributed by atoms with E-state index in [4.69, 9.17) is 0 Å². The molecule has 0 nitrogen and oxygen atoms in total. The predicted octanol–water partition coefficient (Wildman–Crippen LogP) is 4.02. The van der Waals surface area contributed by atoms with Crippen molar-refractivity contribution in [2.75, 3.05) is 0 Å². The summed E-state index contributed by atoms with van der Waals surface area (Å²) in [4.78, 5) is 0. The first-order valence-electron chi connectivity index (χ1n) is 4.55. The highest BCUT2D eigenvalue weighted by atomic mass is 19.4. The van der Waals surface area contributed by atoms with Crippen LogP contribution in [0.5, 0.6) is 0 Å². The molecule has 3 heteroatoms. The van der Waals surface area contributed by atoms with Gasteiger partial charge < -0.3 is 0 Å². The van der Waals surface area contributed by atoms with Crippen LogP contribution in [-0.2, 0) is 0 Å². The van der Waals surface area contributed by atoms with Crippen molar-refractivity contribution in [1.29, 1.82) is 0 Å². The van der Waals surface area contributed by atoms with E-state index in [1.165, 1.54) is 0 Å². The lowest BCUT2D eigenvalue weighted by Crippen LogP contribution is -2.09. The van der Waals surface area contributed by atoms with E-state index in [0.29, 0.717) is 12.3 Å². The molecule has 0 saturated carbocycles. The highest BCUT2D eigenvalue weighted by Crippen LogP contribution is 2.29. The van der Waals surface area contributed by atoms with E-state index in [2.05, 4.69) is 0 Å². The zero-order valence-electron chi connectivity index (χ0n) is 8.23. The molecule has 0 amide bonds. The van der Waals surface area contributed by atoms with Gasteiger partial charge in [-0.25, -0.2) is 0 Å². The van der Waals surface area contributed by atoms with Crippen LogP contribution in [0.15, 0.2) is 35.5 Å². The largest absolute Gasteiger partial charge is 0.416 e. The fourth-order valence-electron chi connectivity index (χ4n) is 1.26. The molecule has 1 aliphatic carbocycles. The van der Waals surface area contributed by atoms with Gasteiger partial charge in [0, 0.05) is 0 Å². The van der Waals surface area contributed by atoms with Gasteiger partial charge in [0.25, 0.3) is 0 Å². The minimum Gasteiger partial charge on any atom is -0.166 e. The van der Waals surface area contributed by atoms with E-state index in [1.54, 1.807) is 12.2 Å². The van der Waals surface area contributed by atoms with Crippen molar-refractivity contribution in [2.45, 2.75) is 26.4 Å². The van der Waals surface area contributed by atoms with Crippen molar-refractivity contribution in [3.63, 3.8) is 0 Å². The summed E-state index contributed by atoms with van der Waals surface area (Å²) in [6, 6.07) is 0. The Morgan fingerprint density at radius 2 is 1.86 bits per heavy atom. The number of rotatable bonds is 1. The van der Waals surface area contributed by atoms with Gasteiger partial charge in [0.2, 0.25) is 0 Å². The molecule has 0 aromatic carbocycles. The minimum absolute atomic E-state index is 0.295. The van der Waals surface area contributed by atoms with E-state index in [-0.39, 0.29) is 0 Å². The van der Waals surface area contributed by atoms with Crippen molar-refractivity contribution in [3.05, 3.63) is 35.5 Å². The summed E-state index contributed by atoms with van der Waals surface area (Å²) < 4.78 is 36.9. The fraction of sp³-hybridized carbons (Fsp3) is 0.455. The molecule has 14 heavy (non-hydrogen) atoms. The molecular formula is C11H13F3. The van der Waals surface area contributed by atoms with E-state index >= 15 is 0 Å². The molecule has 0 N–H and O–H groups in total. The first-order valence-corrected chi connectivity index (χ1v) is 4.55. The maximum atomic E-state index is 12.3. The van der Waals surface area contributed by atoms with Crippen LogP contribution < -0.4 is 0 Å². The van der Waals surface area contributed by atoms with Gasteiger partial charge in [-0.3, -0.25) is 0 Å². The monoisotopic (exact) mass is 202 g/mol. The van der Waals surface area contributed by atoms with Crippen LogP contribution in [0.4, 0.5) is 13.2 Å². The smallest absolute Gasteiger partial charge is 0.166 e. The Morgan fingerprint density at radius 3 is 2.36 bits per heavy atom. The molecule has 0 aromatic rings. The number of alkyl halides is 3. The van der Waals surface area contributed by atoms with E-state index < -0.39 is 11.7 Å². The van der Waals surface area contributed by atoms with E-state index in [0.717, 1.165) is 17.7 Å². The van der Waals surface area contributed by atoms with Gasteiger partial charge >= 0.3 is 6.18 Å². The SMILES string of the molecule is CC(C)C1=CC=C(C(F)(F)F)C=CC1. The third kappa shape index (κ3) is 2.76. The summed E-state index contributed by atoms with van der Waals surface area (Å²) >= 11 is 0. The molecule has 0 bridgehead atoms. The summed E-state index contributed by atoms with van der Waals surface area (Å²) in [5.41, 5.74) is 0.452. The molecule has 1 aliphatic rings. The van der Waals surface area contributed by atoms with Crippen molar-refractivity contribution < 1.29 is 13.2 Å². The molecule has 1 rings (SSSR count).